The van der Waals surface area contributed by atoms with E-state index in [0.717, 1.165) is 0 Å². The molecule has 2 rings (SSSR count). The molecule has 1 aromatic heterocycles. The number of rotatable bonds is 4. The monoisotopic (exact) mass is 287 g/mol. The Balaban J connectivity index is 2.02. The summed E-state index contributed by atoms with van der Waals surface area (Å²) >= 11 is 0. The van der Waals surface area contributed by atoms with Gasteiger partial charge in [0.2, 0.25) is 0 Å². The molecule has 110 valence electrons. The fourth-order valence-electron chi connectivity index (χ4n) is 1.71. The van der Waals surface area contributed by atoms with Crippen molar-refractivity contribution in [3.05, 3.63) is 47.8 Å². The van der Waals surface area contributed by atoms with Crippen LogP contribution in [0.1, 0.15) is 34.7 Å². The summed E-state index contributed by atoms with van der Waals surface area (Å²) < 4.78 is 5.08. The summed E-state index contributed by atoms with van der Waals surface area (Å²) in [5, 5.41) is 2.70. The van der Waals surface area contributed by atoms with Gasteiger partial charge >= 0.3 is 5.97 Å². The van der Waals surface area contributed by atoms with Gasteiger partial charge in [0.05, 0.1) is 11.7 Å². The van der Waals surface area contributed by atoms with Crippen molar-refractivity contribution in [2.45, 2.75) is 20.0 Å². The number of hydrogen-bond donors (Lipinski definition) is 3. The molecule has 0 aliphatic heterocycles. The average molecular weight is 287 g/mol. The minimum atomic E-state index is -0.389. The first-order chi connectivity index (χ1) is 9.95. The van der Waals surface area contributed by atoms with E-state index >= 15 is 0 Å². The fourth-order valence-corrected chi connectivity index (χ4v) is 1.71. The molecule has 0 bridgehead atoms. The Morgan fingerprint density at radius 3 is 2.43 bits per heavy atom. The third kappa shape index (κ3) is 3.85. The van der Waals surface area contributed by atoms with Crippen molar-refractivity contribution in [2.75, 3.05) is 11.1 Å². The quantitative estimate of drug-likeness (QED) is 0.752. The van der Waals surface area contributed by atoms with Gasteiger partial charge in [0.15, 0.2) is 0 Å². The van der Waals surface area contributed by atoms with E-state index in [1.54, 1.807) is 50.4 Å². The highest BCUT2D eigenvalue weighted by atomic mass is 16.5. The van der Waals surface area contributed by atoms with Gasteiger partial charge in [-0.3, -0.25) is 4.79 Å². The van der Waals surface area contributed by atoms with E-state index in [0.29, 0.717) is 22.6 Å². The molecule has 0 fully saturated rings. The van der Waals surface area contributed by atoms with Crippen LogP contribution >= 0.6 is 0 Å². The summed E-state index contributed by atoms with van der Waals surface area (Å²) in [5.74, 6) is -0.691. The third-order valence-corrected chi connectivity index (χ3v) is 2.67. The van der Waals surface area contributed by atoms with E-state index in [1.165, 1.54) is 0 Å². The van der Waals surface area contributed by atoms with Gasteiger partial charge < -0.3 is 20.8 Å². The third-order valence-electron chi connectivity index (χ3n) is 2.67. The molecule has 21 heavy (non-hydrogen) atoms. The maximum absolute atomic E-state index is 11.9. The van der Waals surface area contributed by atoms with Gasteiger partial charge in [-0.15, -0.1) is 0 Å². The number of ether oxygens (including phenoxy) is 1. The van der Waals surface area contributed by atoms with Gasteiger partial charge in [0.1, 0.15) is 5.69 Å². The fraction of sp³-hybridized carbons (Fsp3) is 0.200. The molecule has 0 spiro atoms. The molecule has 1 heterocycles. The Hall–Kier alpha value is -2.76. The number of nitrogen functional groups attached to an aromatic ring is 1. The van der Waals surface area contributed by atoms with Gasteiger partial charge in [0, 0.05) is 17.6 Å². The Morgan fingerprint density at radius 1 is 1.24 bits per heavy atom. The van der Waals surface area contributed by atoms with Crippen LogP contribution in [0.25, 0.3) is 0 Å². The van der Waals surface area contributed by atoms with Crippen LogP contribution in [0.5, 0.6) is 0 Å². The molecule has 1 aromatic carbocycles. The maximum Gasteiger partial charge on any atom is 0.338 e. The number of benzene rings is 1. The van der Waals surface area contributed by atoms with Crippen molar-refractivity contribution in [3.8, 4) is 0 Å². The summed E-state index contributed by atoms with van der Waals surface area (Å²) in [5.41, 5.74) is 7.42. The summed E-state index contributed by atoms with van der Waals surface area (Å²) in [6.07, 6.45) is 1.37. The van der Waals surface area contributed by atoms with Crippen LogP contribution in [-0.2, 0) is 4.74 Å². The van der Waals surface area contributed by atoms with Gasteiger partial charge in [-0.1, -0.05) is 0 Å². The Bertz CT molecular complexity index is 644. The van der Waals surface area contributed by atoms with Crippen LogP contribution in [0.15, 0.2) is 36.5 Å². The van der Waals surface area contributed by atoms with Crippen LogP contribution in [0.3, 0.4) is 0 Å². The normalized spacial score (nSPS) is 10.4. The molecule has 0 saturated heterocycles. The minimum absolute atomic E-state index is 0.171. The molecule has 0 aliphatic carbocycles. The molecule has 6 heteroatoms. The van der Waals surface area contributed by atoms with E-state index in [1.807, 2.05) is 0 Å². The second kappa shape index (κ2) is 6.13. The van der Waals surface area contributed by atoms with Gasteiger partial charge in [-0.2, -0.15) is 0 Å². The van der Waals surface area contributed by atoms with Crippen molar-refractivity contribution in [3.63, 3.8) is 0 Å². The standard InChI is InChI=1S/C15H17N3O3/c1-9(2)21-15(20)10-3-5-12(6-4-10)18-14(19)13-7-11(16)8-17-13/h3-9,17H,16H2,1-2H3,(H,18,19). The van der Waals surface area contributed by atoms with Crippen molar-refractivity contribution in [2.24, 2.45) is 0 Å². The van der Waals surface area contributed by atoms with Gasteiger partial charge in [-0.05, 0) is 44.2 Å². The van der Waals surface area contributed by atoms with E-state index in [-0.39, 0.29) is 18.0 Å². The lowest BCUT2D eigenvalue weighted by molar-refractivity contribution is 0.0378. The number of aromatic amines is 1. The number of carbonyl (C=O) groups is 2. The molecule has 1 amide bonds. The molecule has 2 aromatic rings. The number of esters is 1. The van der Waals surface area contributed by atoms with Crippen molar-refractivity contribution in [1.29, 1.82) is 0 Å². The lowest BCUT2D eigenvalue weighted by atomic mass is 10.2. The first kappa shape index (κ1) is 14.6. The van der Waals surface area contributed by atoms with E-state index in [2.05, 4.69) is 10.3 Å². The van der Waals surface area contributed by atoms with Crippen LogP contribution in [-0.4, -0.2) is 23.0 Å². The minimum Gasteiger partial charge on any atom is -0.459 e. The second-order valence-electron chi connectivity index (χ2n) is 4.83. The largest absolute Gasteiger partial charge is 0.459 e. The number of H-pyrrole nitrogens is 1. The van der Waals surface area contributed by atoms with Crippen LogP contribution in [0, 0.1) is 0 Å². The number of hydrogen-bond acceptors (Lipinski definition) is 4. The second-order valence-corrected chi connectivity index (χ2v) is 4.83. The summed E-state index contributed by atoms with van der Waals surface area (Å²) in [6, 6.07) is 8.03. The first-order valence-electron chi connectivity index (χ1n) is 6.52. The lowest BCUT2D eigenvalue weighted by Crippen LogP contribution is -2.13. The Morgan fingerprint density at radius 2 is 1.90 bits per heavy atom. The molecule has 0 unspecified atom stereocenters. The van der Waals surface area contributed by atoms with E-state index in [9.17, 15) is 9.59 Å². The zero-order chi connectivity index (χ0) is 15.4. The number of amides is 1. The zero-order valence-electron chi connectivity index (χ0n) is 11.8. The SMILES string of the molecule is CC(C)OC(=O)c1ccc(NC(=O)c2cc(N)c[nH]2)cc1. The Labute approximate surface area is 122 Å². The first-order valence-corrected chi connectivity index (χ1v) is 6.52. The Kier molecular flexibility index (Phi) is 4.27. The summed E-state index contributed by atoms with van der Waals surface area (Å²) in [7, 11) is 0. The molecule has 4 N–H and O–H groups in total. The van der Waals surface area contributed by atoms with E-state index < -0.39 is 0 Å². The van der Waals surface area contributed by atoms with Gasteiger partial charge in [-0.25, -0.2) is 4.79 Å². The molecular weight excluding hydrogens is 270 g/mol. The number of anilines is 2. The highest BCUT2D eigenvalue weighted by Crippen LogP contribution is 2.13. The van der Waals surface area contributed by atoms with Crippen LogP contribution in [0.2, 0.25) is 0 Å². The smallest absolute Gasteiger partial charge is 0.338 e. The molecule has 6 nitrogen and oxygen atoms in total. The zero-order valence-corrected chi connectivity index (χ0v) is 11.8. The molecule has 0 aliphatic rings. The molecular formula is C15H17N3O3. The molecule has 0 saturated carbocycles. The lowest BCUT2D eigenvalue weighted by Gasteiger charge is -2.08. The molecule has 0 radical (unpaired) electrons. The topological polar surface area (TPSA) is 97.2 Å². The van der Waals surface area contributed by atoms with Crippen molar-refractivity contribution < 1.29 is 14.3 Å². The highest BCUT2D eigenvalue weighted by Gasteiger charge is 2.11. The van der Waals surface area contributed by atoms with Crippen LogP contribution in [0.4, 0.5) is 11.4 Å². The number of nitrogens with two attached hydrogens (primary N) is 1. The number of aromatic nitrogens is 1. The summed E-state index contributed by atoms with van der Waals surface area (Å²) in [6.45, 7) is 3.57. The molecule has 0 atom stereocenters. The van der Waals surface area contributed by atoms with Crippen molar-refractivity contribution >= 4 is 23.3 Å². The van der Waals surface area contributed by atoms with Crippen molar-refractivity contribution in [1.82, 2.24) is 4.98 Å². The predicted molar refractivity (Wildman–Crippen MR) is 80.2 cm³/mol. The highest BCUT2D eigenvalue weighted by molar-refractivity contribution is 6.03. The number of nitrogens with one attached hydrogen (secondary N) is 2. The predicted octanol–water partition coefficient (Wildman–Crippen LogP) is 2.41. The van der Waals surface area contributed by atoms with Gasteiger partial charge in [0.25, 0.3) is 5.91 Å². The van der Waals surface area contributed by atoms with E-state index in [4.69, 9.17) is 10.5 Å². The maximum atomic E-state index is 11.9. The summed E-state index contributed by atoms with van der Waals surface area (Å²) in [4.78, 5) is 26.4. The average Bonchev–Trinajstić information content (AvgIpc) is 2.85. The van der Waals surface area contributed by atoms with Crippen LogP contribution < -0.4 is 11.1 Å². The number of carbonyl (C=O) groups excluding carboxylic acids is 2.